The second-order valence-electron chi connectivity index (χ2n) is 5.14. The van der Waals surface area contributed by atoms with Gasteiger partial charge in [-0.05, 0) is 36.4 Å². The molecule has 0 radical (unpaired) electrons. The van der Waals surface area contributed by atoms with E-state index in [-0.39, 0.29) is 16.9 Å². The molecule has 0 fully saturated rings. The maximum atomic E-state index is 12.0. The van der Waals surface area contributed by atoms with Crippen molar-refractivity contribution in [1.29, 1.82) is 5.26 Å². The van der Waals surface area contributed by atoms with Crippen molar-refractivity contribution in [3.05, 3.63) is 65.9 Å². The van der Waals surface area contributed by atoms with Gasteiger partial charge >= 0.3 is 5.97 Å². The predicted octanol–water partition coefficient (Wildman–Crippen LogP) is 2.89. The molecule has 0 saturated carbocycles. The van der Waals surface area contributed by atoms with Crippen LogP contribution in [0, 0.1) is 11.3 Å². The van der Waals surface area contributed by atoms with Gasteiger partial charge < -0.3 is 24.2 Å². The first-order valence-electron chi connectivity index (χ1n) is 7.39. The zero-order chi connectivity index (χ0) is 17.8. The monoisotopic (exact) mass is 337 g/mol. The molecule has 2 heterocycles. The van der Waals surface area contributed by atoms with Crippen molar-refractivity contribution in [2.45, 2.75) is 6.61 Å². The summed E-state index contributed by atoms with van der Waals surface area (Å²) >= 11 is 0. The standard InChI is InChI=1S/C18H15N3O4/c1-23-18(22)17-16(20)12(9-19)10-21(17)13-4-6-14(7-5-13)25-11-15-3-2-8-24-15/h2-8,10H,11,20H2,1H3. The van der Waals surface area contributed by atoms with Crippen LogP contribution in [0.1, 0.15) is 21.8 Å². The number of anilines is 1. The summed E-state index contributed by atoms with van der Waals surface area (Å²) in [7, 11) is 1.26. The minimum absolute atomic E-state index is 0.0903. The third-order valence-corrected chi connectivity index (χ3v) is 3.62. The first-order chi connectivity index (χ1) is 12.1. The fourth-order valence-electron chi connectivity index (χ4n) is 2.37. The number of aromatic nitrogens is 1. The molecular weight excluding hydrogens is 322 g/mol. The van der Waals surface area contributed by atoms with E-state index in [1.165, 1.54) is 17.9 Å². The number of benzene rings is 1. The van der Waals surface area contributed by atoms with E-state index in [1.54, 1.807) is 36.6 Å². The second kappa shape index (κ2) is 6.84. The van der Waals surface area contributed by atoms with Gasteiger partial charge in [-0.15, -0.1) is 0 Å². The Morgan fingerprint density at radius 3 is 2.68 bits per heavy atom. The molecule has 25 heavy (non-hydrogen) atoms. The van der Waals surface area contributed by atoms with Gasteiger partial charge in [0.15, 0.2) is 5.69 Å². The number of carbonyl (C=O) groups excluding carboxylic acids is 1. The zero-order valence-corrected chi connectivity index (χ0v) is 13.4. The number of nitrogens with zero attached hydrogens (tertiary/aromatic N) is 2. The van der Waals surface area contributed by atoms with Crippen molar-refractivity contribution < 1.29 is 18.7 Å². The molecule has 7 nitrogen and oxygen atoms in total. The lowest BCUT2D eigenvalue weighted by Crippen LogP contribution is -2.11. The normalized spacial score (nSPS) is 10.2. The van der Waals surface area contributed by atoms with Gasteiger partial charge in [0.2, 0.25) is 0 Å². The summed E-state index contributed by atoms with van der Waals surface area (Å²) in [5, 5.41) is 9.14. The van der Waals surface area contributed by atoms with E-state index in [0.29, 0.717) is 23.8 Å². The lowest BCUT2D eigenvalue weighted by Gasteiger charge is -2.10. The van der Waals surface area contributed by atoms with E-state index < -0.39 is 5.97 Å². The van der Waals surface area contributed by atoms with E-state index >= 15 is 0 Å². The third-order valence-electron chi connectivity index (χ3n) is 3.62. The minimum Gasteiger partial charge on any atom is -0.486 e. The molecule has 2 aromatic heterocycles. The number of ether oxygens (including phenoxy) is 2. The lowest BCUT2D eigenvalue weighted by atomic mass is 10.2. The molecule has 0 aliphatic carbocycles. The van der Waals surface area contributed by atoms with Crippen LogP contribution in [0.25, 0.3) is 5.69 Å². The molecule has 1 aromatic carbocycles. The van der Waals surface area contributed by atoms with Crippen molar-refractivity contribution >= 4 is 11.7 Å². The molecule has 0 spiro atoms. The number of furan rings is 1. The van der Waals surface area contributed by atoms with Crippen molar-refractivity contribution in [1.82, 2.24) is 4.57 Å². The van der Waals surface area contributed by atoms with Gasteiger partial charge in [0.05, 0.1) is 24.6 Å². The number of nitrogen functional groups attached to an aromatic ring is 1. The quantitative estimate of drug-likeness (QED) is 0.718. The fourth-order valence-corrected chi connectivity index (χ4v) is 2.37. The molecule has 0 aliphatic rings. The number of esters is 1. The fraction of sp³-hybridized carbons (Fsp3) is 0.111. The molecule has 126 valence electrons. The summed E-state index contributed by atoms with van der Waals surface area (Å²) in [6.45, 7) is 0.314. The van der Waals surface area contributed by atoms with Crippen LogP contribution in [0.15, 0.2) is 53.3 Å². The average Bonchev–Trinajstić information content (AvgIpc) is 3.27. The first-order valence-corrected chi connectivity index (χ1v) is 7.39. The molecule has 0 amide bonds. The molecule has 2 N–H and O–H groups in total. The van der Waals surface area contributed by atoms with E-state index in [2.05, 4.69) is 0 Å². The van der Waals surface area contributed by atoms with E-state index in [9.17, 15) is 4.79 Å². The van der Waals surface area contributed by atoms with Crippen LogP contribution in [0.2, 0.25) is 0 Å². The average molecular weight is 337 g/mol. The number of carbonyl (C=O) groups is 1. The van der Waals surface area contributed by atoms with Crippen molar-refractivity contribution in [2.24, 2.45) is 0 Å². The number of rotatable bonds is 5. The smallest absolute Gasteiger partial charge is 0.357 e. The predicted molar refractivity (Wildman–Crippen MR) is 89.3 cm³/mol. The van der Waals surface area contributed by atoms with Crippen LogP contribution in [0.3, 0.4) is 0 Å². The zero-order valence-electron chi connectivity index (χ0n) is 13.4. The van der Waals surface area contributed by atoms with Crippen LogP contribution in [0.4, 0.5) is 5.69 Å². The Kier molecular flexibility index (Phi) is 4.44. The largest absolute Gasteiger partial charge is 0.486 e. The Bertz CT molecular complexity index is 919. The minimum atomic E-state index is -0.614. The first kappa shape index (κ1) is 16.2. The van der Waals surface area contributed by atoms with Crippen LogP contribution >= 0.6 is 0 Å². The molecule has 0 saturated heterocycles. The second-order valence-corrected chi connectivity index (χ2v) is 5.14. The van der Waals surface area contributed by atoms with E-state index in [0.717, 1.165) is 0 Å². The van der Waals surface area contributed by atoms with Crippen molar-refractivity contribution in [3.8, 4) is 17.5 Å². The van der Waals surface area contributed by atoms with Crippen molar-refractivity contribution in [3.63, 3.8) is 0 Å². The lowest BCUT2D eigenvalue weighted by molar-refractivity contribution is 0.0593. The Labute approximate surface area is 143 Å². The van der Waals surface area contributed by atoms with Gasteiger partial charge in [-0.2, -0.15) is 5.26 Å². The Hall–Kier alpha value is -3.66. The molecule has 3 rings (SSSR count). The number of nitrogens with two attached hydrogens (primary N) is 1. The molecule has 0 unspecified atom stereocenters. The highest BCUT2D eigenvalue weighted by Gasteiger charge is 2.21. The summed E-state index contributed by atoms with van der Waals surface area (Å²) in [5.74, 6) is 0.742. The summed E-state index contributed by atoms with van der Waals surface area (Å²) in [5.41, 5.74) is 6.94. The van der Waals surface area contributed by atoms with Gasteiger partial charge in [0.25, 0.3) is 0 Å². The van der Waals surface area contributed by atoms with Crippen LogP contribution < -0.4 is 10.5 Å². The highest BCUT2D eigenvalue weighted by Crippen LogP contribution is 2.26. The van der Waals surface area contributed by atoms with Gasteiger partial charge in [0, 0.05) is 11.9 Å². The third kappa shape index (κ3) is 3.19. The van der Waals surface area contributed by atoms with Crippen LogP contribution in [-0.4, -0.2) is 17.6 Å². The van der Waals surface area contributed by atoms with Gasteiger partial charge in [-0.3, -0.25) is 0 Å². The Morgan fingerprint density at radius 2 is 2.08 bits per heavy atom. The van der Waals surface area contributed by atoms with Crippen LogP contribution in [-0.2, 0) is 11.3 Å². The summed E-state index contributed by atoms with van der Waals surface area (Å²) < 4.78 is 17.1. The highest BCUT2D eigenvalue weighted by molar-refractivity contribution is 5.95. The van der Waals surface area contributed by atoms with Gasteiger partial charge in [-0.25, -0.2) is 4.79 Å². The Morgan fingerprint density at radius 1 is 1.32 bits per heavy atom. The number of hydrogen-bond donors (Lipinski definition) is 1. The maximum Gasteiger partial charge on any atom is 0.357 e. The molecule has 0 bridgehead atoms. The molecule has 0 atom stereocenters. The Balaban J connectivity index is 1.87. The summed E-state index contributed by atoms with van der Waals surface area (Å²) in [4.78, 5) is 12.0. The number of hydrogen-bond acceptors (Lipinski definition) is 6. The molecule has 0 aliphatic heterocycles. The summed E-state index contributed by atoms with van der Waals surface area (Å²) in [6.07, 6.45) is 3.08. The van der Waals surface area contributed by atoms with E-state index in [4.69, 9.17) is 24.9 Å². The number of methoxy groups -OCH3 is 1. The van der Waals surface area contributed by atoms with Crippen molar-refractivity contribution in [2.75, 3.05) is 12.8 Å². The molecule has 3 aromatic rings. The topological polar surface area (TPSA) is 103 Å². The van der Waals surface area contributed by atoms with Gasteiger partial charge in [-0.1, -0.05) is 0 Å². The van der Waals surface area contributed by atoms with Crippen LogP contribution in [0.5, 0.6) is 5.75 Å². The highest BCUT2D eigenvalue weighted by atomic mass is 16.5. The van der Waals surface area contributed by atoms with E-state index in [1.807, 2.05) is 12.1 Å². The van der Waals surface area contributed by atoms with Gasteiger partial charge in [0.1, 0.15) is 24.2 Å². The number of nitriles is 1. The SMILES string of the molecule is COC(=O)c1c(N)c(C#N)cn1-c1ccc(OCc2ccco2)cc1. The maximum absolute atomic E-state index is 12.0. The molecular formula is C18H15N3O4. The summed E-state index contributed by atoms with van der Waals surface area (Å²) in [6, 6.07) is 12.6. The molecule has 7 heteroatoms.